The minimum atomic E-state index is -2.00. The lowest BCUT2D eigenvalue weighted by atomic mass is 9.67. The van der Waals surface area contributed by atoms with Gasteiger partial charge in [0.15, 0.2) is 6.29 Å². The molecule has 5 heterocycles. The molecule has 3 aliphatic rings. The predicted octanol–water partition coefficient (Wildman–Crippen LogP) is 5.37. The number of methoxy groups -OCH3 is 3. The number of benzene rings is 1. The fourth-order valence-corrected chi connectivity index (χ4v) is 12.5. The molecule has 0 spiro atoms. The fourth-order valence-electron chi connectivity index (χ4n) is 12.5. The molecule has 20 atom stereocenters. The number of ketones is 1. The Bertz CT molecular complexity index is 2360. The Morgan fingerprint density at radius 2 is 1.55 bits per heavy atom. The van der Waals surface area contributed by atoms with Crippen molar-refractivity contribution in [2.24, 2.45) is 29.6 Å². The Balaban J connectivity index is 1.27. The van der Waals surface area contributed by atoms with Crippen LogP contribution in [0.4, 0.5) is 4.39 Å². The minimum Gasteiger partial charge on any atom is -0.459 e. The highest BCUT2D eigenvalue weighted by Gasteiger charge is 2.56. The average Bonchev–Trinajstić information content (AvgIpc) is 3.90. The Morgan fingerprint density at radius 1 is 0.883 bits per heavy atom. The van der Waals surface area contributed by atoms with Crippen molar-refractivity contribution in [3.8, 4) is 11.1 Å². The lowest BCUT2D eigenvalue weighted by Crippen LogP contribution is -2.62. The number of aliphatic hydroxyl groups excluding tert-OH is 4. The lowest BCUT2D eigenvalue weighted by molar-refractivity contribution is -0.305. The number of hydrogen-bond donors (Lipinski definition) is 5. The topological polar surface area (TPSA) is 247 Å². The molecule has 432 valence electrons. The molecule has 3 fully saturated rings. The molecule has 5 N–H and O–H groups in total. The van der Waals surface area contributed by atoms with E-state index in [4.69, 9.17) is 33.2 Å². The van der Waals surface area contributed by atoms with Crippen LogP contribution in [0.1, 0.15) is 124 Å². The number of nitrogens with zero attached hydrogens (tertiary/aromatic N) is 5. The molecule has 0 bridgehead atoms. The van der Waals surface area contributed by atoms with Crippen LogP contribution in [0.15, 0.2) is 48.8 Å². The summed E-state index contributed by atoms with van der Waals surface area (Å²) in [6.07, 6.45) is -5.26. The Kier molecular flexibility index (Phi) is 21.1. The minimum absolute atomic E-state index is 0.0678. The molecule has 20 heteroatoms. The van der Waals surface area contributed by atoms with E-state index in [1.807, 2.05) is 63.1 Å². The van der Waals surface area contributed by atoms with Crippen molar-refractivity contribution in [2.75, 3.05) is 41.6 Å². The number of alkyl halides is 1. The highest BCUT2D eigenvalue weighted by molar-refractivity contribution is 5.83. The molecule has 0 aliphatic carbocycles. The summed E-state index contributed by atoms with van der Waals surface area (Å²) in [6.45, 7) is 16.7. The van der Waals surface area contributed by atoms with Crippen molar-refractivity contribution in [1.82, 2.24) is 24.9 Å². The van der Waals surface area contributed by atoms with E-state index < -0.39 is 132 Å². The van der Waals surface area contributed by atoms with E-state index in [2.05, 4.69) is 15.3 Å². The Morgan fingerprint density at radius 3 is 2.13 bits per heavy atom. The molecule has 0 radical (unpaired) electrons. The first kappa shape index (κ1) is 62.3. The number of likely N-dealkylation sites (N-methyl/N-ethyl adjacent to an activating group) is 1. The third-order valence-corrected chi connectivity index (χ3v) is 17.5. The maximum absolute atomic E-state index is 15.0. The third kappa shape index (κ3) is 13.5. The van der Waals surface area contributed by atoms with Crippen LogP contribution < -0.4 is 0 Å². The second-order valence-corrected chi connectivity index (χ2v) is 22.9. The summed E-state index contributed by atoms with van der Waals surface area (Å²) in [6, 6.07) is 9.89. The van der Waals surface area contributed by atoms with Gasteiger partial charge >= 0.3 is 5.97 Å². The summed E-state index contributed by atoms with van der Waals surface area (Å²) in [5, 5.41) is 65.4. The van der Waals surface area contributed by atoms with Crippen molar-refractivity contribution >= 4 is 11.8 Å². The van der Waals surface area contributed by atoms with Crippen molar-refractivity contribution in [3.05, 3.63) is 65.7 Å². The van der Waals surface area contributed by atoms with Gasteiger partial charge in [0.2, 0.25) is 0 Å². The number of Topliss-reactive ketones (excluding diaryl/α,β-unsaturated/α-hetero) is 1. The first-order chi connectivity index (χ1) is 36.3. The van der Waals surface area contributed by atoms with Gasteiger partial charge in [-0.05, 0) is 84.0 Å². The van der Waals surface area contributed by atoms with Crippen LogP contribution in [0.25, 0.3) is 11.1 Å². The molecular formula is C57H88FN5O14. The van der Waals surface area contributed by atoms with Crippen molar-refractivity contribution in [3.63, 3.8) is 0 Å². The molecule has 6 rings (SSSR count). The second-order valence-electron chi connectivity index (χ2n) is 22.9. The van der Waals surface area contributed by atoms with E-state index in [9.17, 15) is 39.5 Å². The molecule has 1 unspecified atom stereocenters. The molecule has 2 aromatic heterocycles. The molecule has 3 aliphatic heterocycles. The molecule has 19 nitrogen and oxygen atoms in total. The van der Waals surface area contributed by atoms with Crippen LogP contribution in [0.3, 0.4) is 0 Å². The van der Waals surface area contributed by atoms with E-state index in [-0.39, 0.29) is 31.7 Å². The van der Waals surface area contributed by atoms with E-state index in [0.29, 0.717) is 30.8 Å². The molecule has 1 aromatic carbocycles. The molecule has 0 amide bonds. The molecule has 3 saturated heterocycles. The first-order valence-electron chi connectivity index (χ1n) is 27.3. The van der Waals surface area contributed by atoms with Gasteiger partial charge in [-0.15, -0.1) is 5.10 Å². The van der Waals surface area contributed by atoms with E-state index in [1.165, 1.54) is 32.9 Å². The SMILES string of the molecule is CC[C@H]1OC(=O)[C@H](C)[C@@H](C2C[C@@](C)(OC)[C@@H](O)[C@H](C)O2)[C@H](C)[C@@H](O[C@@H]2O[C@H](C)C[C@H](N(C)CCc3cn([C@H](CF)[C@H](OC)c4ccc(-c5ccc(CO)nc5)cc4)nn3)[C@H]2O)[C@](C)(OC)C[C@@H](C)C(=O)[C@H](C)[C@@H](O)[C@]1(C)O. The summed E-state index contributed by atoms with van der Waals surface area (Å²) < 4.78 is 61.1. The van der Waals surface area contributed by atoms with Crippen LogP contribution in [-0.4, -0.2) is 182 Å². The largest absolute Gasteiger partial charge is 0.459 e. The third-order valence-electron chi connectivity index (χ3n) is 17.5. The number of aliphatic hydroxyl groups is 5. The number of esters is 1. The van der Waals surface area contributed by atoms with Crippen LogP contribution in [-0.2, 0) is 55.8 Å². The smallest absolute Gasteiger partial charge is 0.309 e. The van der Waals surface area contributed by atoms with Gasteiger partial charge in [0.25, 0.3) is 0 Å². The van der Waals surface area contributed by atoms with Gasteiger partial charge in [-0.1, -0.05) is 70.2 Å². The number of carbonyl (C=O) groups excluding carboxylic acids is 2. The Hall–Kier alpha value is -3.90. The number of hydrogen-bond acceptors (Lipinski definition) is 18. The summed E-state index contributed by atoms with van der Waals surface area (Å²) in [5.74, 6) is -5.24. The normalized spacial score (nSPS) is 37.8. The maximum atomic E-state index is 15.0. The van der Waals surface area contributed by atoms with Crippen LogP contribution in [0, 0.1) is 29.6 Å². The standard InChI is InChI=1S/C57H88FN5O14/c1-15-45-57(10,70)50(67)35(6)47(65)31(2)25-56(9,73-14)52(33(4)46(34(5)53(69)76-45)44-26-55(8,72-13)51(68)36(7)75-44)77-54-48(66)42(24-32(3)74-54)62(11)23-22-40-29-63(61-60-40)43(27-58)49(71-12)38-18-16-37(17-19-38)39-20-21-41(30-64)59-28-39/h16-21,28-29,31-36,42-46,48-52,54,64,66-68,70H,15,22-27,30H2,1-14H3/t31-,32-,33+,34-,35+,36+,42+,43-,44?,45-,46+,48-,49-,50-,51+,52-,54+,55-,56-,57-/m1/s1. The highest BCUT2D eigenvalue weighted by atomic mass is 19.1. The molecule has 77 heavy (non-hydrogen) atoms. The van der Waals surface area contributed by atoms with Crippen molar-refractivity contribution in [1.29, 1.82) is 0 Å². The van der Waals surface area contributed by atoms with E-state index >= 15 is 0 Å². The van der Waals surface area contributed by atoms with Gasteiger partial charge < -0.3 is 63.6 Å². The second kappa shape index (κ2) is 26.1. The van der Waals surface area contributed by atoms with Gasteiger partial charge in [0.1, 0.15) is 48.5 Å². The van der Waals surface area contributed by atoms with Crippen molar-refractivity contribution < 1.29 is 72.7 Å². The van der Waals surface area contributed by atoms with Gasteiger partial charge in [-0.25, -0.2) is 9.07 Å². The zero-order chi connectivity index (χ0) is 56.9. The monoisotopic (exact) mass is 1090 g/mol. The average molecular weight is 1090 g/mol. The predicted molar refractivity (Wildman–Crippen MR) is 283 cm³/mol. The highest BCUT2D eigenvalue weighted by Crippen LogP contribution is 2.46. The van der Waals surface area contributed by atoms with Gasteiger partial charge in [0.05, 0.1) is 65.6 Å². The number of rotatable bonds is 17. The number of ether oxygens (including phenoxy) is 7. The fraction of sp³-hybridized carbons (Fsp3) is 0.737. The summed E-state index contributed by atoms with van der Waals surface area (Å²) in [4.78, 5) is 35.3. The Labute approximate surface area is 454 Å². The quantitative estimate of drug-likeness (QED) is 0.107. The van der Waals surface area contributed by atoms with E-state index in [0.717, 1.165) is 16.7 Å². The molecule has 3 aromatic rings. The van der Waals surface area contributed by atoms with Gasteiger partial charge in [0, 0.05) is 82.5 Å². The number of carbonyl (C=O) groups is 2. The van der Waals surface area contributed by atoms with Crippen LogP contribution >= 0.6 is 0 Å². The number of halogens is 1. The number of aromatic nitrogens is 4. The summed E-state index contributed by atoms with van der Waals surface area (Å²) in [7, 11) is 6.44. The molecule has 0 saturated carbocycles. The number of pyridine rings is 1. The van der Waals surface area contributed by atoms with Crippen LogP contribution in [0.5, 0.6) is 0 Å². The van der Waals surface area contributed by atoms with Gasteiger partial charge in [-0.3, -0.25) is 14.6 Å². The number of cyclic esters (lactones) is 1. The maximum Gasteiger partial charge on any atom is 0.309 e. The summed E-state index contributed by atoms with van der Waals surface area (Å²) >= 11 is 0. The van der Waals surface area contributed by atoms with Gasteiger partial charge in [-0.2, -0.15) is 0 Å². The zero-order valence-electron chi connectivity index (χ0n) is 47.6. The lowest BCUT2D eigenvalue weighted by Gasteiger charge is -2.52. The van der Waals surface area contributed by atoms with E-state index in [1.54, 1.807) is 60.0 Å². The van der Waals surface area contributed by atoms with Crippen LogP contribution in [0.2, 0.25) is 0 Å². The van der Waals surface area contributed by atoms with Crippen molar-refractivity contribution in [2.45, 2.75) is 198 Å². The molecular weight excluding hydrogens is 998 g/mol. The summed E-state index contributed by atoms with van der Waals surface area (Å²) in [5.41, 5.74) is -0.735. The first-order valence-corrected chi connectivity index (χ1v) is 27.3. The zero-order valence-corrected chi connectivity index (χ0v) is 47.6.